The number of carbonyl (C=O) groups is 2. The molecule has 5 nitrogen and oxygen atoms in total. The van der Waals surface area contributed by atoms with Crippen molar-refractivity contribution in [2.45, 2.75) is 18.9 Å². The van der Waals surface area contributed by atoms with Crippen molar-refractivity contribution in [1.29, 1.82) is 0 Å². The van der Waals surface area contributed by atoms with E-state index in [1.165, 1.54) is 0 Å². The van der Waals surface area contributed by atoms with Crippen LogP contribution in [-0.4, -0.2) is 42.6 Å². The molecule has 0 bridgehead atoms. The van der Waals surface area contributed by atoms with Gasteiger partial charge >= 0.3 is 6.03 Å². The standard InChI is InChI=1S/C20H19BrCl2N2O3/c1-20(12-13-3-5-14(21)6-4-13)18(26)25(19(27)24(20)7-8-28-2)17-10-15(22)9-16(23)11-17/h3-6,9-11H,7-8,12H2,1-2H3/t20-/m1/s1. The molecule has 1 saturated heterocycles. The molecular weight excluding hydrogens is 467 g/mol. The van der Waals surface area contributed by atoms with Gasteiger partial charge in [-0.3, -0.25) is 4.79 Å². The van der Waals surface area contributed by atoms with Gasteiger partial charge in [-0.05, 0) is 42.8 Å². The number of imide groups is 1. The Bertz CT molecular complexity index is 887. The number of anilines is 1. The summed E-state index contributed by atoms with van der Waals surface area (Å²) in [6.07, 6.45) is 0.374. The van der Waals surface area contributed by atoms with Crippen molar-refractivity contribution in [2.24, 2.45) is 0 Å². The highest BCUT2D eigenvalue weighted by Crippen LogP contribution is 2.36. The summed E-state index contributed by atoms with van der Waals surface area (Å²) in [6, 6.07) is 11.9. The van der Waals surface area contributed by atoms with Gasteiger partial charge in [0, 0.05) is 34.6 Å². The summed E-state index contributed by atoms with van der Waals surface area (Å²) in [4.78, 5) is 29.3. The number of nitrogens with zero attached hydrogens (tertiary/aromatic N) is 2. The van der Waals surface area contributed by atoms with Gasteiger partial charge in [0.25, 0.3) is 5.91 Å². The van der Waals surface area contributed by atoms with Gasteiger partial charge in [-0.25, -0.2) is 9.69 Å². The molecule has 0 spiro atoms. The zero-order valence-corrected chi connectivity index (χ0v) is 18.5. The third kappa shape index (κ3) is 4.06. The SMILES string of the molecule is COCCN1C(=O)N(c2cc(Cl)cc(Cl)c2)C(=O)[C@@]1(C)Cc1ccc(Br)cc1. The lowest BCUT2D eigenvalue weighted by atomic mass is 9.91. The molecule has 3 amide bonds. The van der Waals surface area contributed by atoms with E-state index in [2.05, 4.69) is 15.9 Å². The Balaban J connectivity index is 2.02. The highest BCUT2D eigenvalue weighted by Gasteiger charge is 2.54. The number of hydrogen-bond donors (Lipinski definition) is 0. The van der Waals surface area contributed by atoms with E-state index < -0.39 is 11.6 Å². The van der Waals surface area contributed by atoms with E-state index in [1.807, 2.05) is 24.3 Å². The third-order valence-corrected chi connectivity index (χ3v) is 5.73. The molecule has 2 aromatic carbocycles. The molecule has 1 fully saturated rings. The Morgan fingerprint density at radius 1 is 1.07 bits per heavy atom. The number of benzene rings is 2. The fraction of sp³-hybridized carbons (Fsp3) is 0.300. The maximum atomic E-state index is 13.4. The Morgan fingerprint density at radius 3 is 2.25 bits per heavy atom. The van der Waals surface area contributed by atoms with Crippen LogP contribution in [0.15, 0.2) is 46.9 Å². The van der Waals surface area contributed by atoms with Gasteiger partial charge in [-0.15, -0.1) is 0 Å². The van der Waals surface area contributed by atoms with Crippen LogP contribution in [0.1, 0.15) is 12.5 Å². The Morgan fingerprint density at radius 2 is 1.68 bits per heavy atom. The maximum absolute atomic E-state index is 13.4. The van der Waals surface area contributed by atoms with Crippen molar-refractivity contribution in [2.75, 3.05) is 25.2 Å². The zero-order chi connectivity index (χ0) is 20.5. The number of amides is 3. The Hall–Kier alpha value is -1.60. The van der Waals surface area contributed by atoms with Crippen LogP contribution in [0.4, 0.5) is 10.5 Å². The molecule has 1 aliphatic rings. The van der Waals surface area contributed by atoms with Crippen molar-refractivity contribution in [3.8, 4) is 0 Å². The molecule has 0 radical (unpaired) electrons. The minimum absolute atomic E-state index is 0.291. The van der Waals surface area contributed by atoms with Crippen molar-refractivity contribution < 1.29 is 14.3 Å². The summed E-state index contributed by atoms with van der Waals surface area (Å²) < 4.78 is 6.10. The van der Waals surface area contributed by atoms with E-state index in [0.717, 1.165) is 14.9 Å². The topological polar surface area (TPSA) is 49.9 Å². The van der Waals surface area contributed by atoms with Gasteiger partial charge in [0.1, 0.15) is 5.54 Å². The van der Waals surface area contributed by atoms with Gasteiger partial charge in [0.05, 0.1) is 12.3 Å². The second-order valence-electron chi connectivity index (χ2n) is 6.77. The van der Waals surface area contributed by atoms with Crippen LogP contribution in [0.3, 0.4) is 0 Å². The summed E-state index contributed by atoms with van der Waals surface area (Å²) in [5.74, 6) is -0.324. The fourth-order valence-corrected chi connectivity index (χ4v) is 4.15. The smallest absolute Gasteiger partial charge is 0.332 e. The normalized spacial score (nSPS) is 19.6. The van der Waals surface area contributed by atoms with Gasteiger partial charge in [0.2, 0.25) is 0 Å². The molecule has 0 saturated carbocycles. The van der Waals surface area contributed by atoms with Crippen LogP contribution in [0.5, 0.6) is 0 Å². The number of ether oxygens (including phenoxy) is 1. The van der Waals surface area contributed by atoms with Crippen molar-refractivity contribution in [3.63, 3.8) is 0 Å². The summed E-state index contributed by atoms with van der Waals surface area (Å²) in [7, 11) is 1.56. The second kappa shape index (κ2) is 8.41. The molecule has 0 aliphatic carbocycles. The first-order valence-corrected chi connectivity index (χ1v) is 10.2. The highest BCUT2D eigenvalue weighted by molar-refractivity contribution is 9.10. The average Bonchev–Trinajstić information content (AvgIpc) is 2.80. The van der Waals surface area contributed by atoms with E-state index in [0.29, 0.717) is 35.3 Å². The summed E-state index contributed by atoms with van der Waals surface area (Å²) >= 11 is 15.6. The van der Waals surface area contributed by atoms with Crippen LogP contribution in [-0.2, 0) is 16.0 Å². The summed E-state index contributed by atoms with van der Waals surface area (Å²) in [5, 5.41) is 0.709. The Labute approximate surface area is 182 Å². The van der Waals surface area contributed by atoms with Crippen LogP contribution < -0.4 is 4.90 Å². The van der Waals surface area contributed by atoms with Crippen molar-refractivity contribution in [1.82, 2.24) is 4.90 Å². The molecule has 28 heavy (non-hydrogen) atoms. The first-order chi connectivity index (χ1) is 13.3. The number of urea groups is 1. The molecule has 0 unspecified atom stereocenters. The lowest BCUT2D eigenvalue weighted by Crippen LogP contribution is -2.50. The van der Waals surface area contributed by atoms with E-state index in [9.17, 15) is 9.59 Å². The number of hydrogen-bond acceptors (Lipinski definition) is 3. The largest absolute Gasteiger partial charge is 0.383 e. The molecule has 0 aromatic heterocycles. The molecule has 1 aliphatic heterocycles. The number of carbonyl (C=O) groups excluding carboxylic acids is 2. The van der Waals surface area contributed by atoms with Gasteiger partial charge < -0.3 is 9.64 Å². The minimum Gasteiger partial charge on any atom is -0.383 e. The number of rotatable bonds is 6. The maximum Gasteiger partial charge on any atom is 0.332 e. The van der Waals surface area contributed by atoms with Crippen molar-refractivity contribution in [3.05, 3.63) is 62.5 Å². The highest BCUT2D eigenvalue weighted by atomic mass is 79.9. The first kappa shape index (κ1) is 21.1. The quantitative estimate of drug-likeness (QED) is 0.530. The van der Waals surface area contributed by atoms with Crippen LogP contribution in [0.25, 0.3) is 0 Å². The van der Waals surface area contributed by atoms with E-state index in [-0.39, 0.29) is 5.91 Å². The Kier molecular flexibility index (Phi) is 6.34. The first-order valence-electron chi connectivity index (χ1n) is 8.62. The van der Waals surface area contributed by atoms with Gasteiger partial charge in [-0.1, -0.05) is 51.3 Å². The summed E-state index contributed by atoms with van der Waals surface area (Å²) in [6.45, 7) is 2.38. The number of methoxy groups -OCH3 is 1. The molecular formula is C20H19BrCl2N2O3. The monoisotopic (exact) mass is 484 g/mol. The lowest BCUT2D eigenvalue weighted by Gasteiger charge is -2.31. The van der Waals surface area contributed by atoms with Gasteiger partial charge in [-0.2, -0.15) is 0 Å². The molecule has 3 rings (SSSR count). The number of halogens is 3. The van der Waals surface area contributed by atoms with Crippen LogP contribution in [0, 0.1) is 0 Å². The predicted molar refractivity (Wildman–Crippen MR) is 114 cm³/mol. The molecule has 1 heterocycles. The summed E-state index contributed by atoms with van der Waals surface area (Å²) in [5.41, 5.74) is 0.243. The average molecular weight is 486 g/mol. The molecule has 1 atom stereocenters. The van der Waals surface area contributed by atoms with Crippen LogP contribution in [0.2, 0.25) is 10.0 Å². The fourth-order valence-electron chi connectivity index (χ4n) is 3.37. The van der Waals surface area contributed by atoms with Crippen LogP contribution >= 0.6 is 39.1 Å². The molecule has 8 heteroatoms. The lowest BCUT2D eigenvalue weighted by molar-refractivity contribution is -0.124. The second-order valence-corrected chi connectivity index (χ2v) is 8.56. The molecule has 148 valence electrons. The predicted octanol–water partition coefficient (Wildman–Crippen LogP) is 5.17. The van der Waals surface area contributed by atoms with E-state index >= 15 is 0 Å². The third-order valence-electron chi connectivity index (χ3n) is 4.77. The van der Waals surface area contributed by atoms with Crippen molar-refractivity contribution >= 4 is 56.8 Å². The minimum atomic E-state index is -1.06. The molecule has 0 N–H and O–H groups in total. The molecule has 2 aromatic rings. The van der Waals surface area contributed by atoms with Gasteiger partial charge in [0.15, 0.2) is 0 Å². The van der Waals surface area contributed by atoms with E-state index in [4.69, 9.17) is 27.9 Å². The van der Waals surface area contributed by atoms with E-state index in [1.54, 1.807) is 37.1 Å². The zero-order valence-electron chi connectivity index (χ0n) is 15.4.